The Bertz CT molecular complexity index is 1110. The van der Waals surface area contributed by atoms with Gasteiger partial charge in [0, 0.05) is 25.5 Å². The number of benzene rings is 1. The molecule has 2 aromatic heterocycles. The van der Waals surface area contributed by atoms with Crippen LogP contribution in [0.5, 0.6) is 0 Å². The highest BCUT2D eigenvalue weighted by molar-refractivity contribution is 6.33. The number of aromatic nitrogens is 5. The van der Waals surface area contributed by atoms with Crippen molar-refractivity contribution in [2.45, 2.75) is 32.0 Å². The normalized spacial score (nSPS) is 18.9. The molecule has 8 nitrogen and oxygen atoms in total. The molecule has 1 fully saturated rings. The summed E-state index contributed by atoms with van der Waals surface area (Å²) < 4.78 is 38.2. The van der Waals surface area contributed by atoms with Crippen LogP contribution in [-0.4, -0.2) is 54.9 Å². The number of rotatable bonds is 5. The maximum atomic E-state index is 13.6. The fourth-order valence-electron chi connectivity index (χ4n) is 3.95. The predicted octanol–water partition coefficient (Wildman–Crippen LogP) is 4.08. The Hall–Kier alpha value is -3.21. The second-order valence-corrected chi connectivity index (χ2v) is 8.22. The van der Waals surface area contributed by atoms with Crippen molar-refractivity contribution in [1.29, 1.82) is 0 Å². The van der Waals surface area contributed by atoms with E-state index in [9.17, 15) is 18.0 Å². The molecule has 1 amide bonds. The van der Waals surface area contributed by atoms with E-state index in [0.29, 0.717) is 22.8 Å². The van der Waals surface area contributed by atoms with E-state index in [4.69, 9.17) is 11.6 Å². The summed E-state index contributed by atoms with van der Waals surface area (Å²) in [6, 6.07) is 4.81. The Morgan fingerprint density at radius 2 is 1.91 bits per heavy atom. The molecule has 174 valence electrons. The average molecular weight is 480 g/mol. The molecule has 2 atom stereocenters. The van der Waals surface area contributed by atoms with Crippen molar-refractivity contribution in [2.75, 3.05) is 18.4 Å². The van der Waals surface area contributed by atoms with Gasteiger partial charge < -0.3 is 10.2 Å². The third-order valence-corrected chi connectivity index (χ3v) is 5.97. The van der Waals surface area contributed by atoms with Crippen LogP contribution in [-0.2, 0) is 6.18 Å². The van der Waals surface area contributed by atoms with Gasteiger partial charge in [-0.25, -0.2) is 9.97 Å². The lowest BCUT2D eigenvalue weighted by Crippen LogP contribution is -2.51. The van der Waals surface area contributed by atoms with Crippen molar-refractivity contribution in [3.63, 3.8) is 0 Å². The number of piperidine rings is 1. The molecule has 3 aromatic rings. The van der Waals surface area contributed by atoms with Crippen LogP contribution in [0, 0.1) is 5.92 Å². The van der Waals surface area contributed by atoms with Crippen LogP contribution in [0.15, 0.2) is 43.0 Å². The van der Waals surface area contributed by atoms with Crippen molar-refractivity contribution in [3.05, 3.63) is 59.1 Å². The van der Waals surface area contributed by atoms with Crippen LogP contribution in [0.25, 0.3) is 5.69 Å². The van der Waals surface area contributed by atoms with Crippen molar-refractivity contribution in [1.82, 2.24) is 29.9 Å². The summed E-state index contributed by atoms with van der Waals surface area (Å²) in [7, 11) is 0. The molecule has 33 heavy (non-hydrogen) atoms. The zero-order chi connectivity index (χ0) is 23.6. The number of likely N-dealkylation sites (tertiary alicyclic amines) is 1. The molecule has 2 unspecified atom stereocenters. The monoisotopic (exact) mass is 479 g/mol. The van der Waals surface area contributed by atoms with Gasteiger partial charge in [0.25, 0.3) is 5.91 Å². The van der Waals surface area contributed by atoms with E-state index in [1.54, 1.807) is 23.1 Å². The van der Waals surface area contributed by atoms with Gasteiger partial charge >= 0.3 is 6.18 Å². The van der Waals surface area contributed by atoms with Crippen molar-refractivity contribution < 1.29 is 18.0 Å². The van der Waals surface area contributed by atoms with Crippen LogP contribution in [0.2, 0.25) is 5.02 Å². The lowest BCUT2D eigenvalue weighted by Gasteiger charge is -2.40. The number of para-hydroxylation sites is 1. The molecule has 0 saturated carbocycles. The van der Waals surface area contributed by atoms with Crippen LogP contribution in [0.4, 0.5) is 19.1 Å². The van der Waals surface area contributed by atoms with E-state index < -0.39 is 11.7 Å². The molecule has 1 N–H and O–H groups in total. The molecular formula is C21H21ClF3N7O. The standard InChI is InChI=1S/C21H21ClF3N7O/c1-13-4-3-9-31(17(13)12-28-20-26-10-14(11-27-20)21(23,24)25)19(33)15-5-2-6-16(22)18(15)32-29-7-8-30-32/h2,5-8,10-11,13,17H,3-4,9,12H2,1H3,(H,26,27,28). The van der Waals surface area contributed by atoms with Crippen LogP contribution in [0.1, 0.15) is 35.7 Å². The smallest absolute Gasteiger partial charge is 0.352 e. The maximum Gasteiger partial charge on any atom is 0.419 e. The number of hydrogen-bond acceptors (Lipinski definition) is 6. The minimum absolute atomic E-state index is 0.0670. The number of hydrogen-bond donors (Lipinski definition) is 1. The quantitative estimate of drug-likeness (QED) is 0.593. The van der Waals surface area contributed by atoms with E-state index in [0.717, 1.165) is 25.2 Å². The van der Waals surface area contributed by atoms with Gasteiger partial charge in [0.05, 0.1) is 34.6 Å². The minimum atomic E-state index is -4.50. The van der Waals surface area contributed by atoms with Gasteiger partial charge in [0.15, 0.2) is 0 Å². The molecule has 4 rings (SSSR count). The number of nitrogens with one attached hydrogen (secondary N) is 1. The summed E-state index contributed by atoms with van der Waals surface area (Å²) >= 11 is 6.37. The Balaban J connectivity index is 1.56. The summed E-state index contributed by atoms with van der Waals surface area (Å²) in [6.45, 7) is 2.85. The van der Waals surface area contributed by atoms with E-state index in [1.165, 1.54) is 17.2 Å². The average Bonchev–Trinajstić information content (AvgIpc) is 3.31. The zero-order valence-electron chi connectivity index (χ0n) is 17.6. The largest absolute Gasteiger partial charge is 0.419 e. The molecule has 0 aliphatic carbocycles. The van der Waals surface area contributed by atoms with Gasteiger partial charge in [-0.3, -0.25) is 4.79 Å². The summed E-state index contributed by atoms with van der Waals surface area (Å²) in [5.41, 5.74) is -0.162. The number of halogens is 4. The van der Waals surface area contributed by atoms with Crippen molar-refractivity contribution in [3.8, 4) is 5.69 Å². The molecule has 0 spiro atoms. The van der Waals surface area contributed by atoms with Crippen LogP contribution in [0.3, 0.4) is 0 Å². The first kappa shape index (κ1) is 23.0. The lowest BCUT2D eigenvalue weighted by atomic mass is 9.90. The maximum absolute atomic E-state index is 13.6. The van der Waals surface area contributed by atoms with Gasteiger partial charge in [0.2, 0.25) is 5.95 Å². The molecule has 1 aliphatic heterocycles. The number of alkyl halides is 3. The fraction of sp³-hybridized carbons (Fsp3) is 0.381. The Labute approximate surface area is 192 Å². The third kappa shape index (κ3) is 4.92. The lowest BCUT2D eigenvalue weighted by molar-refractivity contribution is -0.138. The van der Waals surface area contributed by atoms with E-state index in [2.05, 4.69) is 25.5 Å². The molecule has 1 saturated heterocycles. The highest BCUT2D eigenvalue weighted by Gasteiger charge is 2.34. The number of anilines is 1. The van der Waals surface area contributed by atoms with Crippen molar-refractivity contribution >= 4 is 23.5 Å². The second kappa shape index (κ2) is 9.34. The fourth-order valence-corrected chi connectivity index (χ4v) is 4.20. The summed E-state index contributed by atoms with van der Waals surface area (Å²) in [5, 5.41) is 11.5. The number of carbonyl (C=O) groups excluding carboxylic acids is 1. The number of nitrogens with zero attached hydrogens (tertiary/aromatic N) is 6. The molecule has 1 aliphatic rings. The van der Waals surface area contributed by atoms with Crippen molar-refractivity contribution in [2.24, 2.45) is 5.92 Å². The SMILES string of the molecule is CC1CCCN(C(=O)c2cccc(Cl)c2-n2nccn2)C1CNc1ncc(C(F)(F)F)cn1. The molecule has 0 radical (unpaired) electrons. The molecule has 12 heteroatoms. The molecule has 1 aromatic carbocycles. The zero-order valence-corrected chi connectivity index (χ0v) is 18.4. The number of carbonyl (C=O) groups is 1. The summed E-state index contributed by atoms with van der Waals surface area (Å²) in [4.78, 5) is 24.2. The predicted molar refractivity (Wildman–Crippen MR) is 115 cm³/mol. The topological polar surface area (TPSA) is 88.8 Å². The summed E-state index contributed by atoms with van der Waals surface area (Å²) in [5.74, 6) is -0.0102. The Morgan fingerprint density at radius 1 is 1.21 bits per heavy atom. The van der Waals surface area contributed by atoms with Gasteiger partial charge in [-0.05, 0) is 30.9 Å². The van der Waals surface area contributed by atoms with Gasteiger partial charge in [-0.2, -0.15) is 23.4 Å². The Morgan fingerprint density at radius 3 is 2.58 bits per heavy atom. The van der Waals surface area contributed by atoms with Gasteiger partial charge in [-0.15, -0.1) is 4.80 Å². The minimum Gasteiger partial charge on any atom is -0.352 e. The third-order valence-electron chi connectivity index (χ3n) is 5.66. The van der Waals surface area contributed by atoms with E-state index in [1.807, 2.05) is 6.92 Å². The van der Waals surface area contributed by atoms with E-state index in [-0.39, 0.29) is 30.4 Å². The highest BCUT2D eigenvalue weighted by atomic mass is 35.5. The first-order chi connectivity index (χ1) is 15.8. The van der Waals surface area contributed by atoms with Crippen LogP contribution < -0.4 is 5.32 Å². The molecule has 3 heterocycles. The first-order valence-corrected chi connectivity index (χ1v) is 10.7. The summed E-state index contributed by atoms with van der Waals surface area (Å²) in [6.07, 6.45) is 1.70. The highest BCUT2D eigenvalue weighted by Crippen LogP contribution is 2.30. The first-order valence-electron chi connectivity index (χ1n) is 10.3. The van der Waals surface area contributed by atoms with Gasteiger partial charge in [0.1, 0.15) is 5.69 Å². The Kier molecular flexibility index (Phi) is 6.50. The van der Waals surface area contributed by atoms with Gasteiger partial charge in [-0.1, -0.05) is 24.6 Å². The second-order valence-electron chi connectivity index (χ2n) is 7.81. The molecular weight excluding hydrogens is 459 g/mol. The number of amides is 1. The van der Waals surface area contributed by atoms with E-state index >= 15 is 0 Å². The van der Waals surface area contributed by atoms with Crippen LogP contribution >= 0.6 is 11.6 Å². The molecule has 0 bridgehead atoms.